The van der Waals surface area contributed by atoms with Gasteiger partial charge in [0.2, 0.25) is 0 Å². The monoisotopic (exact) mass is 321 g/mol. The molecule has 5 atom stereocenters. The Kier molecular flexibility index (Phi) is 4.42. The predicted octanol–water partition coefficient (Wildman–Crippen LogP) is -0.774. The molecular weight excluding hydrogens is 302 g/mol. The third-order valence-electron chi connectivity index (χ3n) is 3.99. The Labute approximate surface area is 132 Å². The van der Waals surface area contributed by atoms with Crippen molar-refractivity contribution >= 4 is 0 Å². The molecule has 0 amide bonds. The minimum Gasteiger partial charge on any atom is -0.394 e. The van der Waals surface area contributed by atoms with Crippen molar-refractivity contribution in [1.82, 2.24) is 15.0 Å². The largest absolute Gasteiger partial charge is 0.394 e. The fourth-order valence-corrected chi connectivity index (χ4v) is 2.56. The van der Waals surface area contributed by atoms with Crippen molar-refractivity contribution in [3.63, 3.8) is 0 Å². The van der Waals surface area contributed by atoms with Gasteiger partial charge in [-0.2, -0.15) is 0 Å². The van der Waals surface area contributed by atoms with Gasteiger partial charge >= 0.3 is 0 Å². The maximum atomic E-state index is 10.1. The Morgan fingerprint density at radius 3 is 2.43 bits per heavy atom. The molecule has 1 aliphatic heterocycles. The van der Waals surface area contributed by atoms with Crippen LogP contribution >= 0.6 is 0 Å². The third kappa shape index (κ3) is 2.99. The van der Waals surface area contributed by atoms with Crippen LogP contribution in [-0.2, 0) is 4.74 Å². The summed E-state index contributed by atoms with van der Waals surface area (Å²) in [5, 5.41) is 46.9. The lowest BCUT2D eigenvalue weighted by molar-refractivity contribution is -0.254. The number of ether oxygens (including phenoxy) is 1. The number of aliphatic hydroxyl groups excluding tert-OH is 4. The zero-order chi connectivity index (χ0) is 16.6. The first-order valence-electron chi connectivity index (χ1n) is 7.30. The number of rotatable bonds is 3. The average Bonchev–Trinajstić information content (AvgIpc) is 3.03. The molecule has 1 aromatic carbocycles. The fraction of sp³-hybridized carbons (Fsp3) is 0.467. The second-order valence-electron chi connectivity index (χ2n) is 5.67. The van der Waals surface area contributed by atoms with Gasteiger partial charge in [0, 0.05) is 5.56 Å². The molecule has 0 spiro atoms. The van der Waals surface area contributed by atoms with Gasteiger partial charge in [0.1, 0.15) is 30.1 Å². The standard InChI is InChI=1S/C15H19N3O5/c1-8-2-4-9(5-3-8)10-6-18(17-16-10)15-14(22)13(21)12(20)11(7-19)23-15/h2-6,11-15,19-22H,7H2,1H3/t11-,12-,13+,14-,15-/m1/s1. The molecule has 124 valence electrons. The summed E-state index contributed by atoms with van der Waals surface area (Å²) in [6, 6.07) is 7.69. The average molecular weight is 321 g/mol. The van der Waals surface area contributed by atoms with Crippen LogP contribution < -0.4 is 0 Å². The predicted molar refractivity (Wildman–Crippen MR) is 79.2 cm³/mol. The highest BCUT2D eigenvalue weighted by atomic mass is 16.6. The van der Waals surface area contributed by atoms with Gasteiger partial charge in [-0.15, -0.1) is 5.10 Å². The van der Waals surface area contributed by atoms with Crippen molar-refractivity contribution in [2.24, 2.45) is 0 Å². The van der Waals surface area contributed by atoms with Crippen molar-refractivity contribution in [3.05, 3.63) is 36.0 Å². The summed E-state index contributed by atoms with van der Waals surface area (Å²) in [6.07, 6.45) is -4.68. The number of hydrogen-bond acceptors (Lipinski definition) is 7. The normalized spacial score (nSPS) is 31.3. The Hall–Kier alpha value is -1.84. The summed E-state index contributed by atoms with van der Waals surface area (Å²) in [5.74, 6) is 0. The van der Waals surface area contributed by atoms with Crippen molar-refractivity contribution in [1.29, 1.82) is 0 Å². The van der Waals surface area contributed by atoms with E-state index in [0.717, 1.165) is 11.1 Å². The summed E-state index contributed by atoms with van der Waals surface area (Å²) in [6.45, 7) is 1.50. The van der Waals surface area contributed by atoms with E-state index in [2.05, 4.69) is 10.3 Å². The molecule has 2 heterocycles. The smallest absolute Gasteiger partial charge is 0.180 e. The lowest BCUT2D eigenvalue weighted by Gasteiger charge is -2.39. The van der Waals surface area contributed by atoms with Crippen molar-refractivity contribution < 1.29 is 25.2 Å². The van der Waals surface area contributed by atoms with Crippen molar-refractivity contribution in [2.45, 2.75) is 37.6 Å². The van der Waals surface area contributed by atoms with Crippen LogP contribution in [0.15, 0.2) is 30.5 Å². The molecule has 23 heavy (non-hydrogen) atoms. The van der Waals surface area contributed by atoms with E-state index in [1.54, 1.807) is 6.20 Å². The van der Waals surface area contributed by atoms with Gasteiger partial charge in [-0.1, -0.05) is 35.0 Å². The second-order valence-corrected chi connectivity index (χ2v) is 5.67. The van der Waals surface area contributed by atoms with E-state index in [1.807, 2.05) is 31.2 Å². The van der Waals surface area contributed by atoms with Crippen LogP contribution in [0.25, 0.3) is 11.3 Å². The van der Waals surface area contributed by atoms with Crippen LogP contribution in [0.5, 0.6) is 0 Å². The molecule has 0 saturated carbocycles. The Morgan fingerprint density at radius 1 is 1.09 bits per heavy atom. The number of nitrogens with zero attached hydrogens (tertiary/aromatic N) is 3. The van der Waals surface area contributed by atoms with Crippen LogP contribution in [0.2, 0.25) is 0 Å². The maximum Gasteiger partial charge on any atom is 0.180 e. The van der Waals surface area contributed by atoms with E-state index in [0.29, 0.717) is 5.69 Å². The van der Waals surface area contributed by atoms with Crippen LogP contribution in [0.3, 0.4) is 0 Å². The summed E-state index contributed by atoms with van der Waals surface area (Å²) in [4.78, 5) is 0. The Morgan fingerprint density at radius 2 is 1.78 bits per heavy atom. The molecule has 4 N–H and O–H groups in total. The molecular formula is C15H19N3O5. The van der Waals surface area contributed by atoms with E-state index < -0.39 is 37.3 Å². The molecule has 1 aliphatic rings. The summed E-state index contributed by atoms with van der Waals surface area (Å²) < 4.78 is 6.71. The van der Waals surface area contributed by atoms with Crippen LogP contribution in [0.1, 0.15) is 11.8 Å². The lowest BCUT2D eigenvalue weighted by atomic mass is 9.98. The van der Waals surface area contributed by atoms with E-state index in [9.17, 15) is 20.4 Å². The van der Waals surface area contributed by atoms with Gasteiger partial charge in [0.15, 0.2) is 6.23 Å². The molecule has 2 aromatic rings. The van der Waals surface area contributed by atoms with Crippen LogP contribution in [0, 0.1) is 6.92 Å². The van der Waals surface area contributed by atoms with E-state index >= 15 is 0 Å². The number of hydrogen-bond donors (Lipinski definition) is 4. The molecule has 0 radical (unpaired) electrons. The number of aromatic nitrogens is 3. The highest BCUT2D eigenvalue weighted by molar-refractivity contribution is 5.57. The van der Waals surface area contributed by atoms with Crippen molar-refractivity contribution in [3.8, 4) is 11.3 Å². The molecule has 8 heteroatoms. The molecule has 0 unspecified atom stereocenters. The van der Waals surface area contributed by atoms with Gasteiger partial charge in [0.25, 0.3) is 0 Å². The van der Waals surface area contributed by atoms with Gasteiger partial charge in [-0.05, 0) is 6.92 Å². The summed E-state index contributed by atoms with van der Waals surface area (Å²) >= 11 is 0. The van der Waals surface area contributed by atoms with Gasteiger partial charge in [0.05, 0.1) is 12.8 Å². The van der Waals surface area contributed by atoms with Crippen LogP contribution in [-0.4, -0.2) is 66.4 Å². The second kappa shape index (κ2) is 6.34. The zero-order valence-electron chi connectivity index (χ0n) is 12.5. The first-order chi connectivity index (χ1) is 11.0. The van der Waals surface area contributed by atoms with Gasteiger partial charge in [-0.25, -0.2) is 4.68 Å². The molecule has 1 fully saturated rings. The molecule has 1 aromatic heterocycles. The lowest BCUT2D eigenvalue weighted by Crippen LogP contribution is -2.56. The van der Waals surface area contributed by atoms with E-state index in [-0.39, 0.29) is 0 Å². The quantitative estimate of drug-likeness (QED) is 0.585. The Balaban J connectivity index is 1.85. The zero-order valence-corrected chi connectivity index (χ0v) is 12.5. The molecule has 8 nitrogen and oxygen atoms in total. The Bertz CT molecular complexity index is 657. The number of benzene rings is 1. The molecule has 3 rings (SSSR count). The summed E-state index contributed by atoms with van der Waals surface area (Å²) in [7, 11) is 0. The highest BCUT2D eigenvalue weighted by Gasteiger charge is 2.44. The maximum absolute atomic E-state index is 10.1. The van der Waals surface area contributed by atoms with Crippen LogP contribution in [0.4, 0.5) is 0 Å². The molecule has 0 bridgehead atoms. The third-order valence-corrected chi connectivity index (χ3v) is 3.99. The van der Waals surface area contributed by atoms with E-state index in [4.69, 9.17) is 4.74 Å². The first kappa shape index (κ1) is 16.0. The topological polar surface area (TPSA) is 121 Å². The minimum atomic E-state index is -1.45. The van der Waals surface area contributed by atoms with Gasteiger partial charge in [-0.3, -0.25) is 0 Å². The van der Waals surface area contributed by atoms with Gasteiger partial charge < -0.3 is 25.2 Å². The number of aliphatic hydroxyl groups is 4. The fourth-order valence-electron chi connectivity index (χ4n) is 2.56. The minimum absolute atomic E-state index is 0.485. The molecule has 1 saturated heterocycles. The molecule has 0 aliphatic carbocycles. The number of aryl methyl sites for hydroxylation is 1. The van der Waals surface area contributed by atoms with E-state index in [1.165, 1.54) is 4.68 Å². The SMILES string of the molecule is Cc1ccc(-c2cn([C@@H]3O[C@H](CO)[C@@H](O)[C@H](O)[C@H]3O)nn2)cc1. The summed E-state index contributed by atoms with van der Waals surface area (Å²) in [5.41, 5.74) is 2.56. The van der Waals surface area contributed by atoms with Crippen molar-refractivity contribution in [2.75, 3.05) is 6.61 Å². The highest BCUT2D eigenvalue weighted by Crippen LogP contribution is 2.28. The first-order valence-corrected chi connectivity index (χ1v) is 7.30.